The van der Waals surface area contributed by atoms with E-state index in [0.29, 0.717) is 17.5 Å². The van der Waals surface area contributed by atoms with Crippen molar-refractivity contribution in [3.8, 4) is 0 Å². The molecule has 7 heteroatoms. The normalized spacial score (nSPS) is 25.8. The van der Waals surface area contributed by atoms with Gasteiger partial charge in [0.2, 0.25) is 10.0 Å². The molecule has 6 nitrogen and oxygen atoms in total. The average molecular weight is 405 g/mol. The predicted octanol–water partition coefficient (Wildman–Crippen LogP) is 3.22. The molecule has 0 spiro atoms. The summed E-state index contributed by atoms with van der Waals surface area (Å²) in [5.41, 5.74) is 1.73. The SMILES string of the molecule is CCn1c(CN[C@@H](C)[C@H]2C[C@H]3CC[C@H]2C3)nc2cc(S(=O)(=O)N(C)C)ccc21. The van der Waals surface area contributed by atoms with Gasteiger partial charge in [-0.1, -0.05) is 6.42 Å². The van der Waals surface area contributed by atoms with Crippen LogP contribution in [0.2, 0.25) is 0 Å². The van der Waals surface area contributed by atoms with E-state index in [2.05, 4.69) is 23.7 Å². The fourth-order valence-electron chi connectivity index (χ4n) is 5.33. The van der Waals surface area contributed by atoms with Gasteiger partial charge in [0, 0.05) is 26.7 Å². The van der Waals surface area contributed by atoms with Crippen LogP contribution in [0.4, 0.5) is 0 Å². The molecule has 2 aromatic rings. The first-order valence-corrected chi connectivity index (χ1v) is 11.9. The van der Waals surface area contributed by atoms with Crippen molar-refractivity contribution in [3.63, 3.8) is 0 Å². The molecule has 2 saturated carbocycles. The Bertz CT molecular complexity index is 966. The van der Waals surface area contributed by atoms with Crippen molar-refractivity contribution >= 4 is 21.1 Å². The molecule has 2 aliphatic rings. The highest BCUT2D eigenvalue weighted by molar-refractivity contribution is 7.89. The van der Waals surface area contributed by atoms with E-state index in [4.69, 9.17) is 4.98 Å². The van der Waals surface area contributed by atoms with Gasteiger partial charge in [0.15, 0.2) is 0 Å². The minimum Gasteiger partial charge on any atom is -0.327 e. The van der Waals surface area contributed by atoms with Gasteiger partial charge in [-0.05, 0) is 69.1 Å². The lowest BCUT2D eigenvalue weighted by Crippen LogP contribution is -2.36. The van der Waals surface area contributed by atoms with Crippen molar-refractivity contribution in [1.82, 2.24) is 19.2 Å². The van der Waals surface area contributed by atoms with Crippen LogP contribution in [0.25, 0.3) is 11.0 Å². The van der Waals surface area contributed by atoms with E-state index < -0.39 is 10.0 Å². The monoisotopic (exact) mass is 404 g/mol. The second-order valence-electron chi connectivity index (χ2n) is 8.72. The number of benzene rings is 1. The fourth-order valence-corrected chi connectivity index (χ4v) is 6.25. The summed E-state index contributed by atoms with van der Waals surface area (Å²) in [4.78, 5) is 5.07. The van der Waals surface area contributed by atoms with Crippen molar-refractivity contribution < 1.29 is 8.42 Å². The van der Waals surface area contributed by atoms with Crippen LogP contribution >= 0.6 is 0 Å². The summed E-state index contributed by atoms with van der Waals surface area (Å²) >= 11 is 0. The summed E-state index contributed by atoms with van der Waals surface area (Å²) in [5, 5.41) is 3.71. The topological polar surface area (TPSA) is 67.2 Å². The lowest BCUT2D eigenvalue weighted by molar-refractivity contribution is 0.258. The summed E-state index contributed by atoms with van der Waals surface area (Å²) in [6.45, 7) is 5.95. The Morgan fingerprint density at radius 2 is 2.07 bits per heavy atom. The molecular formula is C21H32N4O2S. The quantitative estimate of drug-likeness (QED) is 0.769. The van der Waals surface area contributed by atoms with Crippen molar-refractivity contribution in [1.29, 1.82) is 0 Å². The summed E-state index contributed by atoms with van der Waals surface area (Å²) in [5.74, 6) is 3.62. The lowest BCUT2D eigenvalue weighted by atomic mass is 9.84. The predicted molar refractivity (Wildman–Crippen MR) is 112 cm³/mol. The Balaban J connectivity index is 1.55. The Labute approximate surface area is 168 Å². The first kappa shape index (κ1) is 19.9. The first-order chi connectivity index (χ1) is 13.3. The van der Waals surface area contributed by atoms with Gasteiger partial charge in [0.05, 0.1) is 22.5 Å². The third-order valence-corrected chi connectivity index (χ3v) is 8.72. The second kappa shape index (κ2) is 7.43. The number of rotatable bonds is 7. The van der Waals surface area contributed by atoms with Gasteiger partial charge in [-0.2, -0.15) is 0 Å². The number of nitrogens with zero attached hydrogens (tertiary/aromatic N) is 3. The van der Waals surface area contributed by atoms with Gasteiger partial charge in [-0.15, -0.1) is 0 Å². The Morgan fingerprint density at radius 3 is 2.68 bits per heavy atom. The minimum absolute atomic E-state index is 0.292. The molecule has 0 aliphatic heterocycles. The van der Waals surface area contributed by atoms with Crippen molar-refractivity contribution in [3.05, 3.63) is 24.0 Å². The largest absolute Gasteiger partial charge is 0.327 e. The van der Waals surface area contributed by atoms with E-state index in [9.17, 15) is 8.42 Å². The average Bonchev–Trinajstić information content (AvgIpc) is 3.38. The van der Waals surface area contributed by atoms with E-state index in [0.717, 1.165) is 41.2 Å². The fraction of sp³-hybridized carbons (Fsp3) is 0.667. The molecule has 4 atom stereocenters. The second-order valence-corrected chi connectivity index (χ2v) is 10.9. The molecule has 154 valence electrons. The zero-order valence-electron chi connectivity index (χ0n) is 17.4. The number of sulfonamides is 1. The number of aryl methyl sites for hydroxylation is 1. The maximum atomic E-state index is 12.4. The molecule has 28 heavy (non-hydrogen) atoms. The smallest absolute Gasteiger partial charge is 0.242 e. The van der Waals surface area contributed by atoms with Crippen LogP contribution in [0.1, 0.15) is 45.4 Å². The highest BCUT2D eigenvalue weighted by Gasteiger charge is 2.41. The van der Waals surface area contributed by atoms with Crippen LogP contribution in [0.15, 0.2) is 23.1 Å². The number of hydrogen-bond acceptors (Lipinski definition) is 4. The summed E-state index contributed by atoms with van der Waals surface area (Å²) < 4.78 is 28.3. The standard InChI is InChI=1S/C21H32N4O2S/c1-5-25-20-9-8-17(28(26,27)24(3)4)12-19(20)23-21(25)13-22-14(2)18-11-15-6-7-16(18)10-15/h8-9,12,14-16,18,22H,5-7,10-11,13H2,1-4H3/t14-,15-,16-,18+/m0/s1. The van der Waals surface area contributed by atoms with E-state index in [1.807, 2.05) is 6.07 Å². The van der Waals surface area contributed by atoms with Gasteiger partial charge >= 0.3 is 0 Å². The highest BCUT2D eigenvalue weighted by atomic mass is 32.2. The van der Waals surface area contributed by atoms with Crippen LogP contribution in [0.5, 0.6) is 0 Å². The lowest BCUT2D eigenvalue weighted by Gasteiger charge is -2.28. The minimum atomic E-state index is -3.45. The van der Waals surface area contributed by atoms with Crippen LogP contribution in [-0.2, 0) is 23.1 Å². The zero-order valence-corrected chi connectivity index (χ0v) is 18.2. The Hall–Kier alpha value is -1.44. The molecule has 1 aromatic heterocycles. The molecule has 0 unspecified atom stereocenters. The third kappa shape index (κ3) is 3.37. The molecule has 2 bridgehead atoms. The van der Waals surface area contributed by atoms with Crippen molar-refractivity contribution in [2.45, 2.75) is 63.6 Å². The number of imidazole rings is 1. The molecular weight excluding hydrogens is 372 g/mol. The summed E-state index contributed by atoms with van der Waals surface area (Å²) in [6.07, 6.45) is 5.62. The third-order valence-electron chi connectivity index (χ3n) is 6.91. The van der Waals surface area contributed by atoms with Gasteiger partial charge in [-0.3, -0.25) is 0 Å². The highest BCUT2D eigenvalue weighted by Crippen LogP contribution is 2.49. The number of nitrogens with one attached hydrogen (secondary N) is 1. The molecule has 0 amide bonds. The summed E-state index contributed by atoms with van der Waals surface area (Å²) in [6, 6.07) is 5.75. The molecule has 0 saturated heterocycles. The maximum absolute atomic E-state index is 12.4. The zero-order chi connectivity index (χ0) is 20.1. The van der Waals surface area contributed by atoms with Crippen LogP contribution < -0.4 is 5.32 Å². The molecule has 4 rings (SSSR count). The molecule has 2 aliphatic carbocycles. The Kier molecular flexibility index (Phi) is 5.27. The number of fused-ring (bicyclic) bond motifs is 3. The van der Waals surface area contributed by atoms with E-state index in [-0.39, 0.29) is 0 Å². The van der Waals surface area contributed by atoms with E-state index in [1.54, 1.807) is 26.2 Å². The van der Waals surface area contributed by atoms with E-state index >= 15 is 0 Å². The number of hydrogen-bond donors (Lipinski definition) is 1. The molecule has 1 aromatic carbocycles. The van der Waals surface area contributed by atoms with Gasteiger partial charge in [-0.25, -0.2) is 17.7 Å². The van der Waals surface area contributed by atoms with Crippen LogP contribution in [0, 0.1) is 17.8 Å². The summed E-state index contributed by atoms with van der Waals surface area (Å²) in [7, 11) is -0.348. The van der Waals surface area contributed by atoms with Crippen LogP contribution in [-0.4, -0.2) is 42.4 Å². The molecule has 1 heterocycles. The Morgan fingerprint density at radius 1 is 1.29 bits per heavy atom. The van der Waals surface area contributed by atoms with Gasteiger partial charge in [0.1, 0.15) is 5.82 Å². The van der Waals surface area contributed by atoms with Gasteiger partial charge in [0.25, 0.3) is 0 Å². The van der Waals surface area contributed by atoms with E-state index in [1.165, 1.54) is 30.0 Å². The van der Waals surface area contributed by atoms with Gasteiger partial charge < -0.3 is 9.88 Å². The number of aromatic nitrogens is 2. The maximum Gasteiger partial charge on any atom is 0.242 e. The van der Waals surface area contributed by atoms with Crippen molar-refractivity contribution in [2.24, 2.45) is 17.8 Å². The van der Waals surface area contributed by atoms with Crippen molar-refractivity contribution in [2.75, 3.05) is 14.1 Å². The molecule has 1 N–H and O–H groups in total. The first-order valence-electron chi connectivity index (χ1n) is 10.5. The van der Waals surface area contributed by atoms with Crippen LogP contribution in [0.3, 0.4) is 0 Å². The molecule has 0 radical (unpaired) electrons. The molecule has 2 fully saturated rings.